The van der Waals surface area contributed by atoms with Gasteiger partial charge in [0.2, 0.25) is 0 Å². The fourth-order valence-corrected chi connectivity index (χ4v) is 1.11. The molecule has 0 fully saturated rings. The molecule has 0 heterocycles. The SMILES string of the molecule is COC(=O)CC=Cc1ccc(F)c(C#N)c1. The summed E-state index contributed by atoms with van der Waals surface area (Å²) in [7, 11) is 1.31. The molecule has 0 atom stereocenters. The zero-order valence-electron chi connectivity index (χ0n) is 8.74. The molecule has 0 spiro atoms. The second-order valence-corrected chi connectivity index (χ2v) is 3.03. The van der Waals surface area contributed by atoms with E-state index >= 15 is 0 Å². The molecule has 0 aliphatic carbocycles. The summed E-state index contributed by atoms with van der Waals surface area (Å²) in [5.74, 6) is -0.897. The maximum atomic E-state index is 13.0. The summed E-state index contributed by atoms with van der Waals surface area (Å²) in [6.07, 6.45) is 3.38. The third kappa shape index (κ3) is 3.21. The number of nitriles is 1. The Morgan fingerprint density at radius 2 is 2.38 bits per heavy atom. The summed E-state index contributed by atoms with van der Waals surface area (Å²) in [6, 6.07) is 5.92. The Balaban J connectivity index is 2.75. The lowest BCUT2D eigenvalue weighted by atomic mass is 10.1. The number of carbonyl (C=O) groups is 1. The van der Waals surface area contributed by atoms with Crippen LogP contribution >= 0.6 is 0 Å². The maximum absolute atomic E-state index is 13.0. The Morgan fingerprint density at radius 1 is 1.62 bits per heavy atom. The number of hydrogen-bond donors (Lipinski definition) is 0. The van der Waals surface area contributed by atoms with E-state index in [1.165, 1.54) is 25.3 Å². The fraction of sp³-hybridized carbons (Fsp3) is 0.167. The van der Waals surface area contributed by atoms with E-state index in [9.17, 15) is 9.18 Å². The molecule has 3 nitrogen and oxygen atoms in total. The van der Waals surface area contributed by atoms with Gasteiger partial charge in [0.15, 0.2) is 0 Å². The van der Waals surface area contributed by atoms with E-state index in [0.717, 1.165) is 0 Å². The van der Waals surface area contributed by atoms with Gasteiger partial charge in [-0.1, -0.05) is 18.2 Å². The fourth-order valence-electron chi connectivity index (χ4n) is 1.11. The Bertz CT molecular complexity index is 461. The minimum Gasteiger partial charge on any atom is -0.469 e. The Labute approximate surface area is 92.8 Å². The van der Waals surface area contributed by atoms with Crippen molar-refractivity contribution in [3.63, 3.8) is 0 Å². The van der Waals surface area contributed by atoms with Crippen LogP contribution in [0.5, 0.6) is 0 Å². The lowest BCUT2D eigenvalue weighted by Gasteiger charge is -1.96. The summed E-state index contributed by atoms with van der Waals surface area (Å²) in [5, 5.41) is 8.61. The molecule has 16 heavy (non-hydrogen) atoms. The summed E-state index contributed by atoms with van der Waals surface area (Å²) >= 11 is 0. The normalized spacial score (nSPS) is 10.1. The molecule has 0 N–H and O–H groups in total. The molecule has 0 bridgehead atoms. The monoisotopic (exact) mass is 219 g/mol. The van der Waals surface area contributed by atoms with Crippen molar-refractivity contribution < 1.29 is 13.9 Å². The molecule has 0 radical (unpaired) electrons. The average Bonchev–Trinajstić information content (AvgIpc) is 2.31. The van der Waals surface area contributed by atoms with Crippen LogP contribution in [-0.2, 0) is 9.53 Å². The standard InChI is InChI=1S/C12H10FNO2/c1-16-12(15)4-2-3-9-5-6-11(13)10(7-9)8-14/h2-3,5-7H,4H2,1H3. The number of esters is 1. The molecule has 0 aliphatic heterocycles. The highest BCUT2D eigenvalue weighted by Crippen LogP contribution is 2.11. The molecule has 0 aliphatic rings. The molecule has 4 heteroatoms. The molecule has 1 aromatic carbocycles. The molecule has 0 amide bonds. The first-order valence-electron chi connectivity index (χ1n) is 4.60. The van der Waals surface area contributed by atoms with Crippen molar-refractivity contribution in [1.82, 2.24) is 0 Å². The van der Waals surface area contributed by atoms with E-state index in [-0.39, 0.29) is 18.0 Å². The second kappa shape index (κ2) is 5.66. The third-order valence-corrected chi connectivity index (χ3v) is 1.93. The number of rotatable bonds is 3. The minimum atomic E-state index is -0.549. The first-order chi connectivity index (χ1) is 7.67. The lowest BCUT2D eigenvalue weighted by Crippen LogP contribution is -1.96. The van der Waals surface area contributed by atoms with Crippen LogP contribution in [0.2, 0.25) is 0 Å². The van der Waals surface area contributed by atoms with Crippen LogP contribution in [0.1, 0.15) is 17.5 Å². The van der Waals surface area contributed by atoms with Crippen molar-refractivity contribution in [2.45, 2.75) is 6.42 Å². The van der Waals surface area contributed by atoms with E-state index in [2.05, 4.69) is 4.74 Å². The number of ether oxygens (including phenoxy) is 1. The lowest BCUT2D eigenvalue weighted by molar-refractivity contribution is -0.139. The maximum Gasteiger partial charge on any atom is 0.309 e. The highest BCUT2D eigenvalue weighted by molar-refractivity contribution is 5.72. The van der Waals surface area contributed by atoms with E-state index in [0.29, 0.717) is 5.56 Å². The summed E-state index contributed by atoms with van der Waals surface area (Å²) < 4.78 is 17.4. The smallest absolute Gasteiger partial charge is 0.309 e. The number of methoxy groups -OCH3 is 1. The van der Waals surface area contributed by atoms with Crippen molar-refractivity contribution in [2.75, 3.05) is 7.11 Å². The van der Waals surface area contributed by atoms with Gasteiger partial charge in [-0.3, -0.25) is 4.79 Å². The molecule has 0 saturated carbocycles. The summed E-state index contributed by atoms with van der Waals surface area (Å²) in [5.41, 5.74) is 0.655. The molecular weight excluding hydrogens is 209 g/mol. The van der Waals surface area contributed by atoms with E-state index in [4.69, 9.17) is 5.26 Å². The van der Waals surface area contributed by atoms with E-state index in [1.807, 2.05) is 0 Å². The van der Waals surface area contributed by atoms with Gasteiger partial charge < -0.3 is 4.74 Å². The second-order valence-electron chi connectivity index (χ2n) is 3.03. The predicted molar refractivity (Wildman–Crippen MR) is 56.8 cm³/mol. The highest BCUT2D eigenvalue weighted by atomic mass is 19.1. The van der Waals surface area contributed by atoms with Crippen LogP contribution in [-0.4, -0.2) is 13.1 Å². The zero-order valence-corrected chi connectivity index (χ0v) is 8.74. The van der Waals surface area contributed by atoms with Gasteiger partial charge in [-0.15, -0.1) is 0 Å². The van der Waals surface area contributed by atoms with Crippen molar-refractivity contribution in [2.24, 2.45) is 0 Å². The van der Waals surface area contributed by atoms with Crippen LogP contribution in [0.4, 0.5) is 4.39 Å². The largest absolute Gasteiger partial charge is 0.469 e. The third-order valence-electron chi connectivity index (χ3n) is 1.93. The number of hydrogen-bond acceptors (Lipinski definition) is 3. The van der Waals surface area contributed by atoms with E-state index < -0.39 is 5.82 Å². The predicted octanol–water partition coefficient (Wildman–Crippen LogP) is 2.27. The van der Waals surface area contributed by atoms with Crippen LogP contribution in [0.25, 0.3) is 6.08 Å². The number of carbonyl (C=O) groups excluding carboxylic acids is 1. The molecule has 0 saturated heterocycles. The minimum absolute atomic E-state index is 0.0137. The average molecular weight is 219 g/mol. The summed E-state index contributed by atoms with van der Waals surface area (Å²) in [6.45, 7) is 0. The van der Waals surface area contributed by atoms with Crippen LogP contribution in [0.3, 0.4) is 0 Å². The van der Waals surface area contributed by atoms with Gasteiger partial charge >= 0.3 is 5.97 Å². The van der Waals surface area contributed by atoms with E-state index in [1.54, 1.807) is 18.2 Å². The van der Waals surface area contributed by atoms with Crippen molar-refractivity contribution in [1.29, 1.82) is 5.26 Å². The van der Waals surface area contributed by atoms with Gasteiger partial charge in [0, 0.05) is 0 Å². The first-order valence-corrected chi connectivity index (χ1v) is 4.60. The Hall–Kier alpha value is -2.15. The quantitative estimate of drug-likeness (QED) is 0.733. The Kier molecular flexibility index (Phi) is 4.22. The molecule has 82 valence electrons. The number of nitrogens with zero attached hydrogens (tertiary/aromatic N) is 1. The van der Waals surface area contributed by atoms with Gasteiger partial charge in [-0.05, 0) is 17.7 Å². The molecule has 0 unspecified atom stereocenters. The number of benzene rings is 1. The van der Waals surface area contributed by atoms with Crippen molar-refractivity contribution in [3.8, 4) is 6.07 Å². The van der Waals surface area contributed by atoms with Crippen LogP contribution in [0.15, 0.2) is 24.3 Å². The van der Waals surface area contributed by atoms with Crippen LogP contribution < -0.4 is 0 Å². The van der Waals surface area contributed by atoms with Gasteiger partial charge in [0.05, 0.1) is 19.1 Å². The Morgan fingerprint density at radius 3 is 3.00 bits per heavy atom. The zero-order chi connectivity index (χ0) is 12.0. The summed E-state index contributed by atoms with van der Waals surface area (Å²) in [4.78, 5) is 10.8. The molecule has 0 aromatic heterocycles. The first kappa shape index (κ1) is 11.9. The molecule has 1 aromatic rings. The molecular formula is C12H10FNO2. The highest BCUT2D eigenvalue weighted by Gasteiger charge is 2.00. The van der Waals surface area contributed by atoms with Gasteiger partial charge in [0.1, 0.15) is 11.9 Å². The topological polar surface area (TPSA) is 50.1 Å². The van der Waals surface area contributed by atoms with Crippen LogP contribution in [0, 0.1) is 17.1 Å². The number of halogens is 1. The van der Waals surface area contributed by atoms with Crippen molar-refractivity contribution in [3.05, 3.63) is 41.2 Å². The van der Waals surface area contributed by atoms with Gasteiger partial charge in [-0.25, -0.2) is 4.39 Å². The van der Waals surface area contributed by atoms with Crippen molar-refractivity contribution >= 4 is 12.0 Å². The van der Waals surface area contributed by atoms with Gasteiger partial charge in [0.25, 0.3) is 0 Å². The van der Waals surface area contributed by atoms with Gasteiger partial charge in [-0.2, -0.15) is 5.26 Å². The molecule has 1 rings (SSSR count).